The number of ether oxygens (including phenoxy) is 10. The molecule has 23 heteroatoms. The normalized spacial score (nSPS) is 37.5. The largest absolute Gasteiger partial charge is 0.504 e. The van der Waals surface area contributed by atoms with Crippen LogP contribution in [0.2, 0.25) is 0 Å². The topological polar surface area (TPSA) is 352 Å². The Hall–Kier alpha value is -3.83. The van der Waals surface area contributed by atoms with Crippen LogP contribution in [0.25, 0.3) is 6.08 Å². The fourth-order valence-electron chi connectivity index (χ4n) is 7.20. The van der Waals surface area contributed by atoms with Crippen molar-refractivity contribution in [2.75, 3.05) is 40.1 Å². The summed E-state index contributed by atoms with van der Waals surface area (Å²) in [5, 5.41) is 124. The average molecular weight is 903 g/mol. The first-order chi connectivity index (χ1) is 30.1. The summed E-state index contributed by atoms with van der Waals surface area (Å²) >= 11 is 0. The predicted octanol–water partition coefficient (Wildman–Crippen LogP) is -3.78. The molecule has 2 aromatic carbocycles. The summed E-state index contributed by atoms with van der Waals surface area (Å²) in [7, 11) is 1.33. The molecule has 2 aromatic rings. The second kappa shape index (κ2) is 21.9. The van der Waals surface area contributed by atoms with E-state index in [0.29, 0.717) is 11.1 Å². The number of hydrogen-bond acceptors (Lipinski definition) is 23. The highest BCUT2D eigenvalue weighted by Gasteiger charge is 2.55. The second-order valence-electron chi connectivity index (χ2n) is 15.3. The zero-order chi connectivity index (χ0) is 45.5. The van der Waals surface area contributed by atoms with Gasteiger partial charge in [0.25, 0.3) is 0 Å². The molecule has 0 radical (unpaired) electrons. The molecule has 0 saturated carbocycles. The van der Waals surface area contributed by atoms with E-state index in [1.807, 2.05) is 0 Å². The molecular formula is C40H54O23. The van der Waals surface area contributed by atoms with Gasteiger partial charge < -0.3 is 109 Å². The van der Waals surface area contributed by atoms with Crippen LogP contribution >= 0.6 is 0 Å². The molecule has 0 aromatic heterocycles. The van der Waals surface area contributed by atoms with Crippen LogP contribution in [-0.4, -0.2) is 212 Å². The van der Waals surface area contributed by atoms with Crippen molar-refractivity contribution < 1.29 is 113 Å². The first-order valence-electron chi connectivity index (χ1n) is 20.0. The first kappa shape index (κ1) is 48.6. The number of phenols is 3. The molecule has 12 N–H and O–H groups in total. The predicted molar refractivity (Wildman–Crippen MR) is 205 cm³/mol. The Morgan fingerprint density at radius 3 is 2.13 bits per heavy atom. The number of carbonyl (C=O) groups is 1. The molecule has 17 atom stereocenters. The van der Waals surface area contributed by atoms with E-state index in [9.17, 15) is 66.1 Å². The minimum Gasteiger partial charge on any atom is -0.504 e. The maximum absolute atomic E-state index is 13.8. The summed E-state index contributed by atoms with van der Waals surface area (Å²) in [5.41, 5.74) is 0.876. The molecule has 4 fully saturated rings. The van der Waals surface area contributed by atoms with Gasteiger partial charge in [-0.05, 0) is 47.9 Å². The number of benzene rings is 2. The van der Waals surface area contributed by atoms with Gasteiger partial charge in [-0.2, -0.15) is 0 Å². The van der Waals surface area contributed by atoms with Crippen molar-refractivity contribution in [2.24, 2.45) is 0 Å². The van der Waals surface area contributed by atoms with Crippen molar-refractivity contribution >= 4 is 12.0 Å². The lowest BCUT2D eigenvalue weighted by Gasteiger charge is -2.49. The van der Waals surface area contributed by atoms with E-state index in [-0.39, 0.29) is 43.3 Å². The maximum Gasteiger partial charge on any atom is 0.331 e. The summed E-state index contributed by atoms with van der Waals surface area (Å²) in [6.45, 7) is -2.55. The zero-order valence-electron chi connectivity index (χ0n) is 33.7. The summed E-state index contributed by atoms with van der Waals surface area (Å²) in [6.07, 6.45) is -25.7. The summed E-state index contributed by atoms with van der Waals surface area (Å²) in [5.74, 6) is -1.91. The summed E-state index contributed by atoms with van der Waals surface area (Å²) in [4.78, 5) is 13.8. The van der Waals surface area contributed by atoms with Gasteiger partial charge in [-0.1, -0.05) is 12.1 Å². The Kier molecular flexibility index (Phi) is 16.9. The number of carbonyl (C=O) groups excluding carboxylic acids is 1. The number of aliphatic hydroxyl groups excluding tert-OH is 9. The van der Waals surface area contributed by atoms with Crippen molar-refractivity contribution in [2.45, 2.75) is 117 Å². The first-order valence-corrected chi connectivity index (χ1v) is 20.0. The quantitative estimate of drug-likeness (QED) is 0.0437. The van der Waals surface area contributed by atoms with Gasteiger partial charge in [0.05, 0.1) is 46.2 Å². The molecule has 0 aliphatic carbocycles. The minimum atomic E-state index is -2.01. The monoisotopic (exact) mass is 902 g/mol. The molecule has 0 amide bonds. The maximum atomic E-state index is 13.8. The Morgan fingerprint density at radius 1 is 0.698 bits per heavy atom. The molecule has 0 bridgehead atoms. The van der Waals surface area contributed by atoms with Crippen LogP contribution in [-0.2, 0) is 53.8 Å². The van der Waals surface area contributed by atoms with Crippen molar-refractivity contribution in [3.8, 4) is 23.0 Å². The fourth-order valence-corrected chi connectivity index (χ4v) is 7.20. The van der Waals surface area contributed by atoms with Gasteiger partial charge in [-0.25, -0.2) is 4.79 Å². The Morgan fingerprint density at radius 2 is 1.41 bits per heavy atom. The van der Waals surface area contributed by atoms with E-state index >= 15 is 0 Å². The molecule has 4 heterocycles. The van der Waals surface area contributed by atoms with Gasteiger partial charge in [-0.3, -0.25) is 0 Å². The van der Waals surface area contributed by atoms with Gasteiger partial charge >= 0.3 is 5.97 Å². The van der Waals surface area contributed by atoms with Gasteiger partial charge in [0.2, 0.25) is 0 Å². The number of rotatable bonds is 16. The lowest BCUT2D eigenvalue weighted by Crippen LogP contribution is -2.66. The molecule has 17 unspecified atom stereocenters. The van der Waals surface area contributed by atoms with Crippen molar-refractivity contribution in [3.05, 3.63) is 53.6 Å². The van der Waals surface area contributed by atoms with E-state index < -0.39 is 136 Å². The highest BCUT2D eigenvalue weighted by Crippen LogP contribution is 2.36. The third-order valence-corrected chi connectivity index (χ3v) is 10.8. The van der Waals surface area contributed by atoms with Crippen LogP contribution in [0.15, 0.2) is 42.5 Å². The van der Waals surface area contributed by atoms with Crippen LogP contribution in [0.3, 0.4) is 0 Å². The standard InChI is InChI=1S/C40H54O23/c1-54-25-11-17(3-6-20(25)43)4-7-28(48)61-35-27(16-58-38-33(52)30(49)24(47)15-57-38)60-40(55-9-8-18-2-5-19(42)21(44)10-18)37(62-29-12-22(45)23(46)14-56-29)36(35)63-39-34(53)32(51)31(50)26(13-41)59-39/h2-7,10-11,22-24,26-27,29-47,49-53H,8-9,12-16H2,1H3. The number of phenolic OH excluding ortho intramolecular Hbond substituents is 3. The van der Waals surface area contributed by atoms with Crippen molar-refractivity contribution in [3.63, 3.8) is 0 Å². The van der Waals surface area contributed by atoms with Gasteiger partial charge in [0, 0.05) is 12.5 Å². The average Bonchev–Trinajstić information content (AvgIpc) is 3.26. The number of aliphatic hydroxyl groups is 9. The van der Waals surface area contributed by atoms with E-state index in [4.69, 9.17) is 47.4 Å². The summed E-state index contributed by atoms with van der Waals surface area (Å²) in [6, 6.07) is 8.27. The molecule has 4 aliphatic heterocycles. The molecule has 4 saturated heterocycles. The third kappa shape index (κ3) is 11.9. The van der Waals surface area contributed by atoms with E-state index in [0.717, 1.165) is 6.08 Å². The van der Waals surface area contributed by atoms with Crippen LogP contribution < -0.4 is 4.74 Å². The lowest BCUT2D eigenvalue weighted by molar-refractivity contribution is -0.383. The number of aromatic hydroxyl groups is 3. The number of hydrogen-bond donors (Lipinski definition) is 12. The highest BCUT2D eigenvalue weighted by molar-refractivity contribution is 5.87. The van der Waals surface area contributed by atoms with Gasteiger partial charge in [-0.15, -0.1) is 0 Å². The van der Waals surface area contributed by atoms with Crippen LogP contribution in [0, 0.1) is 0 Å². The summed E-state index contributed by atoms with van der Waals surface area (Å²) < 4.78 is 58.8. The smallest absolute Gasteiger partial charge is 0.331 e. The lowest BCUT2D eigenvalue weighted by atomic mass is 9.96. The molecule has 23 nitrogen and oxygen atoms in total. The second-order valence-corrected chi connectivity index (χ2v) is 15.3. The molecular weight excluding hydrogens is 848 g/mol. The van der Waals surface area contributed by atoms with Crippen LogP contribution in [0.4, 0.5) is 0 Å². The molecule has 0 spiro atoms. The fraction of sp³-hybridized carbons (Fsp3) is 0.625. The molecule has 352 valence electrons. The van der Waals surface area contributed by atoms with E-state index in [2.05, 4.69) is 0 Å². The van der Waals surface area contributed by atoms with Gasteiger partial charge in [0.1, 0.15) is 67.1 Å². The SMILES string of the molecule is COc1cc(C=CC(=O)OC2C(COC3OCC(O)C(O)C3O)OC(OCCc3ccc(O)c(O)c3)C(OC3CC(O)C(O)CO3)C2OC2OC(CO)C(O)C(O)C2O)ccc1O. The minimum absolute atomic E-state index is 0.0816. The van der Waals surface area contributed by atoms with Crippen molar-refractivity contribution in [1.82, 2.24) is 0 Å². The Labute approximate surface area is 359 Å². The van der Waals surface area contributed by atoms with Gasteiger partial charge in [0.15, 0.2) is 54.3 Å². The van der Waals surface area contributed by atoms with E-state index in [1.165, 1.54) is 49.6 Å². The third-order valence-electron chi connectivity index (χ3n) is 10.8. The van der Waals surface area contributed by atoms with Crippen LogP contribution in [0.5, 0.6) is 23.0 Å². The zero-order valence-corrected chi connectivity index (χ0v) is 33.7. The molecule has 6 rings (SSSR count). The Balaban J connectivity index is 1.38. The number of esters is 1. The number of methoxy groups -OCH3 is 1. The highest BCUT2D eigenvalue weighted by atomic mass is 16.8. The Bertz CT molecular complexity index is 1810. The van der Waals surface area contributed by atoms with Crippen molar-refractivity contribution in [1.29, 1.82) is 0 Å². The molecule has 4 aliphatic rings. The van der Waals surface area contributed by atoms with E-state index in [1.54, 1.807) is 0 Å². The molecule has 63 heavy (non-hydrogen) atoms. The van der Waals surface area contributed by atoms with Crippen LogP contribution in [0.1, 0.15) is 17.5 Å².